The van der Waals surface area contributed by atoms with Crippen molar-refractivity contribution in [3.05, 3.63) is 12.2 Å². The lowest BCUT2D eigenvalue weighted by Crippen LogP contribution is -2.07. The Morgan fingerprint density at radius 2 is 1.88 bits per heavy atom. The maximum absolute atomic E-state index is 9.28. The van der Waals surface area contributed by atoms with Crippen molar-refractivity contribution < 1.29 is 10.2 Å². The second-order valence-electron chi connectivity index (χ2n) is 3.04. The summed E-state index contributed by atoms with van der Waals surface area (Å²) in [6, 6.07) is 0. The highest BCUT2D eigenvalue weighted by Gasteiger charge is 1.99. The molecule has 0 heterocycles. The Bertz CT molecular complexity index is 374. The fraction of sp³-hybridized carbons (Fsp3) is 0.429. The highest BCUT2D eigenvalue weighted by Crippen LogP contribution is 2.01. The van der Waals surface area contributed by atoms with Crippen LogP contribution in [0.3, 0.4) is 0 Å². The van der Waals surface area contributed by atoms with Crippen LogP contribution >= 0.6 is 0 Å². The number of rotatable bonds is 5. The first-order valence-corrected chi connectivity index (χ1v) is 5.17. The molecule has 1 unspecified atom stereocenters. The van der Waals surface area contributed by atoms with Gasteiger partial charge in [-0.2, -0.15) is 0 Å². The monoisotopic (exact) mass is 216 g/mol. The fourth-order valence-corrected chi connectivity index (χ4v) is 0.927. The van der Waals surface area contributed by atoms with Gasteiger partial charge in [0, 0.05) is 6.61 Å². The van der Waals surface area contributed by atoms with E-state index in [1.54, 1.807) is 13.0 Å². The van der Waals surface area contributed by atoms with Gasteiger partial charge in [0.25, 0.3) is 0 Å². The third kappa shape index (κ3) is 10.4. The Kier molecular flexibility index (Phi) is 10.2. The summed E-state index contributed by atoms with van der Waals surface area (Å²) in [5.41, 5.74) is 0. The molecular weight excluding hydrogens is 200 g/mol. The van der Waals surface area contributed by atoms with Crippen molar-refractivity contribution >= 4 is 0 Å². The van der Waals surface area contributed by atoms with Crippen LogP contribution in [0.1, 0.15) is 26.2 Å². The average Bonchev–Trinajstić information content (AvgIpc) is 2.27. The van der Waals surface area contributed by atoms with Gasteiger partial charge in [-0.1, -0.05) is 17.9 Å². The predicted octanol–water partition coefficient (Wildman–Crippen LogP) is 1.10. The maximum Gasteiger partial charge on any atom is 0.0565 e. The Balaban J connectivity index is 3.69. The first-order chi connectivity index (χ1) is 7.81. The zero-order valence-corrected chi connectivity index (χ0v) is 9.45. The largest absolute Gasteiger partial charge is 0.396 e. The second kappa shape index (κ2) is 11.4. The summed E-state index contributed by atoms with van der Waals surface area (Å²) in [4.78, 5) is 0. The van der Waals surface area contributed by atoms with Crippen LogP contribution < -0.4 is 0 Å². The van der Waals surface area contributed by atoms with E-state index in [0.717, 1.165) is 6.42 Å². The molecule has 0 aromatic rings. The van der Waals surface area contributed by atoms with Gasteiger partial charge in [0.2, 0.25) is 0 Å². The fourth-order valence-electron chi connectivity index (χ4n) is 0.927. The molecule has 0 bridgehead atoms. The molecule has 2 N–H and O–H groups in total. The summed E-state index contributed by atoms with van der Waals surface area (Å²) in [5, 5.41) is 17.8. The van der Waals surface area contributed by atoms with Crippen molar-refractivity contribution in [2.45, 2.75) is 32.3 Å². The van der Waals surface area contributed by atoms with Gasteiger partial charge in [-0.25, -0.2) is 0 Å². The maximum atomic E-state index is 9.28. The van der Waals surface area contributed by atoms with E-state index >= 15 is 0 Å². The van der Waals surface area contributed by atoms with E-state index in [2.05, 4.69) is 35.5 Å². The number of aliphatic hydroxyl groups excluding tert-OH is 2. The quantitative estimate of drug-likeness (QED) is 0.675. The van der Waals surface area contributed by atoms with E-state index in [1.807, 2.05) is 6.08 Å². The summed E-state index contributed by atoms with van der Waals surface area (Å²) in [5.74, 6) is 15.8. The van der Waals surface area contributed by atoms with E-state index in [0.29, 0.717) is 12.8 Å². The molecule has 0 radical (unpaired) electrons. The molecule has 0 aliphatic heterocycles. The molecule has 1 atom stereocenters. The molecular formula is C14H16O2. The van der Waals surface area contributed by atoms with Crippen LogP contribution in [-0.2, 0) is 0 Å². The van der Waals surface area contributed by atoms with Gasteiger partial charge in [-0.05, 0) is 55.9 Å². The molecule has 2 heteroatoms. The second-order valence-corrected chi connectivity index (χ2v) is 3.04. The molecule has 2 nitrogen and oxygen atoms in total. The lowest BCUT2D eigenvalue weighted by molar-refractivity contribution is 0.126. The highest BCUT2D eigenvalue weighted by atomic mass is 16.3. The van der Waals surface area contributed by atoms with E-state index in [1.165, 1.54) is 0 Å². The van der Waals surface area contributed by atoms with Gasteiger partial charge in [0.1, 0.15) is 0 Å². The predicted molar refractivity (Wildman–Crippen MR) is 65.1 cm³/mol. The van der Waals surface area contributed by atoms with Crippen LogP contribution in [0.4, 0.5) is 0 Å². The van der Waals surface area contributed by atoms with Gasteiger partial charge in [0.15, 0.2) is 0 Å². The van der Waals surface area contributed by atoms with E-state index in [9.17, 15) is 5.11 Å². The molecule has 0 aliphatic carbocycles. The average molecular weight is 216 g/mol. The zero-order chi connectivity index (χ0) is 12.1. The van der Waals surface area contributed by atoms with Gasteiger partial charge in [0.05, 0.1) is 6.10 Å². The first kappa shape index (κ1) is 14.3. The van der Waals surface area contributed by atoms with Crippen molar-refractivity contribution in [2.75, 3.05) is 6.61 Å². The summed E-state index contributed by atoms with van der Waals surface area (Å²) in [6.07, 6.45) is 4.98. The van der Waals surface area contributed by atoms with Gasteiger partial charge in [-0.15, -0.1) is 0 Å². The number of allylic oxidation sites excluding steroid dienone is 2. The van der Waals surface area contributed by atoms with E-state index in [4.69, 9.17) is 5.11 Å². The molecule has 16 heavy (non-hydrogen) atoms. The normalized spacial score (nSPS) is 10.4. The van der Waals surface area contributed by atoms with Crippen LogP contribution in [-0.4, -0.2) is 22.9 Å². The van der Waals surface area contributed by atoms with Gasteiger partial charge in [-0.3, -0.25) is 0 Å². The standard InChI is InChI=1S/C14H16O2/c1-2-3-4-5-6-7-8-9-10-11-14(16)12-13-15/h8-9,14-16H,10-13H2,1H3. The topological polar surface area (TPSA) is 40.5 Å². The Morgan fingerprint density at radius 1 is 1.12 bits per heavy atom. The third-order valence-electron chi connectivity index (χ3n) is 1.71. The van der Waals surface area contributed by atoms with Crippen molar-refractivity contribution in [3.8, 4) is 35.5 Å². The first-order valence-electron chi connectivity index (χ1n) is 5.17. The number of hydrogen-bond donors (Lipinski definition) is 2. The number of aliphatic hydroxyl groups is 2. The molecule has 84 valence electrons. The van der Waals surface area contributed by atoms with Crippen molar-refractivity contribution in [1.82, 2.24) is 0 Å². The Morgan fingerprint density at radius 3 is 2.56 bits per heavy atom. The van der Waals surface area contributed by atoms with Crippen molar-refractivity contribution in [3.63, 3.8) is 0 Å². The van der Waals surface area contributed by atoms with Crippen LogP contribution in [0, 0.1) is 35.5 Å². The molecule has 0 aromatic heterocycles. The SMILES string of the molecule is CC#CC#CC#CC=CCCC(O)CCO. The molecule has 0 saturated carbocycles. The summed E-state index contributed by atoms with van der Waals surface area (Å²) >= 11 is 0. The zero-order valence-electron chi connectivity index (χ0n) is 9.45. The Labute approximate surface area is 97.4 Å². The Hall–Kier alpha value is -1.66. The lowest BCUT2D eigenvalue weighted by atomic mass is 10.1. The molecule has 0 amide bonds. The summed E-state index contributed by atoms with van der Waals surface area (Å²) < 4.78 is 0. The van der Waals surface area contributed by atoms with Crippen LogP contribution in [0.2, 0.25) is 0 Å². The minimum absolute atomic E-state index is 0.0265. The van der Waals surface area contributed by atoms with Crippen LogP contribution in [0.25, 0.3) is 0 Å². The minimum Gasteiger partial charge on any atom is -0.396 e. The van der Waals surface area contributed by atoms with E-state index < -0.39 is 6.10 Å². The molecule has 0 aromatic carbocycles. The summed E-state index contributed by atoms with van der Waals surface area (Å²) in [6.45, 7) is 1.75. The number of hydrogen-bond acceptors (Lipinski definition) is 2. The van der Waals surface area contributed by atoms with Gasteiger partial charge >= 0.3 is 0 Å². The molecule has 0 saturated heterocycles. The third-order valence-corrected chi connectivity index (χ3v) is 1.71. The molecule has 0 fully saturated rings. The molecule has 0 spiro atoms. The molecule has 0 rings (SSSR count). The smallest absolute Gasteiger partial charge is 0.0565 e. The van der Waals surface area contributed by atoms with Crippen molar-refractivity contribution in [1.29, 1.82) is 0 Å². The molecule has 0 aliphatic rings. The van der Waals surface area contributed by atoms with E-state index in [-0.39, 0.29) is 6.61 Å². The van der Waals surface area contributed by atoms with Crippen molar-refractivity contribution in [2.24, 2.45) is 0 Å². The highest BCUT2D eigenvalue weighted by molar-refractivity contribution is 5.37. The van der Waals surface area contributed by atoms with Crippen LogP contribution in [0.15, 0.2) is 12.2 Å². The van der Waals surface area contributed by atoms with Gasteiger partial charge < -0.3 is 10.2 Å². The lowest BCUT2D eigenvalue weighted by Gasteiger charge is -2.04. The summed E-state index contributed by atoms with van der Waals surface area (Å²) in [7, 11) is 0. The van der Waals surface area contributed by atoms with Crippen LogP contribution in [0.5, 0.6) is 0 Å². The minimum atomic E-state index is -0.428.